The first-order valence-electron chi connectivity index (χ1n) is 6.13. The molecule has 2 heteroatoms. The van der Waals surface area contributed by atoms with Gasteiger partial charge in [-0.15, -0.1) is 6.58 Å². The van der Waals surface area contributed by atoms with Crippen LogP contribution in [0.2, 0.25) is 0 Å². The Morgan fingerprint density at radius 3 is 2.88 bits per heavy atom. The van der Waals surface area contributed by atoms with E-state index in [-0.39, 0.29) is 0 Å². The van der Waals surface area contributed by atoms with E-state index >= 15 is 0 Å². The van der Waals surface area contributed by atoms with Crippen LogP contribution in [0.4, 0.5) is 0 Å². The Morgan fingerprint density at radius 1 is 1.41 bits per heavy atom. The first-order valence-corrected chi connectivity index (χ1v) is 6.13. The Labute approximate surface area is 103 Å². The molecule has 0 amide bonds. The standard InChI is InChI=1S/C15H19NO/c1-3-15(5-4-8-17)16-10-13-7-6-12(2)9-14(13)11-16/h3,6-9,15H,1,4-5,10-11H2,2H3. The maximum absolute atomic E-state index is 10.5. The van der Waals surface area contributed by atoms with Crippen molar-refractivity contribution in [1.29, 1.82) is 0 Å². The molecule has 0 spiro atoms. The van der Waals surface area contributed by atoms with Gasteiger partial charge in [0.1, 0.15) is 6.29 Å². The van der Waals surface area contributed by atoms with Gasteiger partial charge in [0.15, 0.2) is 0 Å². The zero-order chi connectivity index (χ0) is 12.3. The van der Waals surface area contributed by atoms with Crippen molar-refractivity contribution in [3.05, 3.63) is 47.5 Å². The van der Waals surface area contributed by atoms with Crippen LogP contribution < -0.4 is 0 Å². The zero-order valence-corrected chi connectivity index (χ0v) is 10.4. The molecule has 0 N–H and O–H groups in total. The van der Waals surface area contributed by atoms with Crippen molar-refractivity contribution < 1.29 is 4.79 Å². The summed E-state index contributed by atoms with van der Waals surface area (Å²) >= 11 is 0. The minimum absolute atomic E-state index is 0.313. The van der Waals surface area contributed by atoms with Crippen LogP contribution in [0.15, 0.2) is 30.9 Å². The second-order valence-corrected chi connectivity index (χ2v) is 4.72. The summed E-state index contributed by atoms with van der Waals surface area (Å²) in [4.78, 5) is 12.8. The van der Waals surface area contributed by atoms with E-state index in [9.17, 15) is 4.79 Å². The molecule has 1 unspecified atom stereocenters. The molecule has 1 aliphatic heterocycles. The molecule has 0 bridgehead atoms. The molecule has 0 aromatic heterocycles. The highest BCUT2D eigenvalue weighted by Crippen LogP contribution is 2.26. The van der Waals surface area contributed by atoms with Crippen LogP contribution in [-0.2, 0) is 17.9 Å². The normalized spacial score (nSPS) is 16.5. The van der Waals surface area contributed by atoms with Gasteiger partial charge in [-0.05, 0) is 24.5 Å². The molecular weight excluding hydrogens is 210 g/mol. The summed E-state index contributed by atoms with van der Waals surface area (Å²) in [5.41, 5.74) is 4.14. The van der Waals surface area contributed by atoms with Gasteiger partial charge in [-0.2, -0.15) is 0 Å². The van der Waals surface area contributed by atoms with Gasteiger partial charge < -0.3 is 4.79 Å². The summed E-state index contributed by atoms with van der Waals surface area (Å²) in [5, 5.41) is 0. The van der Waals surface area contributed by atoms with Crippen LogP contribution in [0.3, 0.4) is 0 Å². The number of rotatable bonds is 5. The van der Waals surface area contributed by atoms with Crippen LogP contribution in [0.1, 0.15) is 29.5 Å². The first-order chi connectivity index (χ1) is 8.24. The van der Waals surface area contributed by atoms with Gasteiger partial charge >= 0.3 is 0 Å². The lowest BCUT2D eigenvalue weighted by Gasteiger charge is -2.23. The lowest BCUT2D eigenvalue weighted by Crippen LogP contribution is -2.28. The van der Waals surface area contributed by atoms with Crippen LogP contribution in [-0.4, -0.2) is 17.2 Å². The number of aryl methyl sites for hydroxylation is 1. The molecule has 0 fully saturated rings. The molecule has 1 aromatic rings. The fourth-order valence-electron chi connectivity index (χ4n) is 2.47. The fourth-order valence-corrected chi connectivity index (χ4v) is 2.47. The minimum Gasteiger partial charge on any atom is -0.303 e. The highest BCUT2D eigenvalue weighted by atomic mass is 16.1. The summed E-state index contributed by atoms with van der Waals surface area (Å²) < 4.78 is 0. The monoisotopic (exact) mass is 229 g/mol. The van der Waals surface area contributed by atoms with Gasteiger partial charge in [-0.1, -0.05) is 29.8 Å². The summed E-state index contributed by atoms with van der Waals surface area (Å²) in [7, 11) is 0. The molecule has 1 atom stereocenters. The van der Waals surface area contributed by atoms with Crippen LogP contribution >= 0.6 is 0 Å². The van der Waals surface area contributed by atoms with Gasteiger partial charge in [-0.25, -0.2) is 0 Å². The van der Waals surface area contributed by atoms with Gasteiger partial charge in [0.25, 0.3) is 0 Å². The Bertz CT molecular complexity index is 425. The smallest absolute Gasteiger partial charge is 0.120 e. The molecule has 2 rings (SSSR count). The van der Waals surface area contributed by atoms with Crippen molar-refractivity contribution in [2.45, 2.75) is 38.9 Å². The summed E-state index contributed by atoms with van der Waals surface area (Å²) in [6.07, 6.45) is 4.44. The van der Waals surface area contributed by atoms with Crippen LogP contribution in [0, 0.1) is 6.92 Å². The topological polar surface area (TPSA) is 20.3 Å². The number of hydrogen-bond acceptors (Lipinski definition) is 2. The number of hydrogen-bond donors (Lipinski definition) is 0. The highest BCUT2D eigenvalue weighted by molar-refractivity contribution is 5.49. The third-order valence-electron chi connectivity index (χ3n) is 3.43. The van der Waals surface area contributed by atoms with Gasteiger partial charge in [0.2, 0.25) is 0 Å². The number of aldehydes is 1. The molecule has 1 aliphatic rings. The Balaban J connectivity index is 2.07. The van der Waals surface area contributed by atoms with Crippen molar-refractivity contribution >= 4 is 6.29 Å². The Kier molecular flexibility index (Phi) is 3.75. The molecule has 1 aromatic carbocycles. The maximum atomic E-state index is 10.5. The molecule has 0 aliphatic carbocycles. The molecule has 2 nitrogen and oxygen atoms in total. The Morgan fingerprint density at radius 2 is 2.18 bits per heavy atom. The quantitative estimate of drug-likeness (QED) is 0.571. The average molecular weight is 229 g/mol. The second-order valence-electron chi connectivity index (χ2n) is 4.72. The first kappa shape index (κ1) is 12.1. The van der Waals surface area contributed by atoms with Crippen molar-refractivity contribution in [2.24, 2.45) is 0 Å². The molecule has 1 heterocycles. The lowest BCUT2D eigenvalue weighted by molar-refractivity contribution is -0.108. The van der Waals surface area contributed by atoms with E-state index in [1.54, 1.807) is 0 Å². The number of fused-ring (bicyclic) bond motifs is 1. The van der Waals surface area contributed by atoms with E-state index in [1.165, 1.54) is 16.7 Å². The van der Waals surface area contributed by atoms with Gasteiger partial charge in [-0.3, -0.25) is 4.90 Å². The van der Waals surface area contributed by atoms with E-state index in [0.29, 0.717) is 12.5 Å². The predicted molar refractivity (Wildman–Crippen MR) is 69.7 cm³/mol. The second kappa shape index (κ2) is 5.28. The minimum atomic E-state index is 0.313. The van der Waals surface area contributed by atoms with E-state index in [1.807, 2.05) is 6.08 Å². The maximum Gasteiger partial charge on any atom is 0.120 e. The highest BCUT2D eigenvalue weighted by Gasteiger charge is 2.23. The van der Waals surface area contributed by atoms with Crippen molar-refractivity contribution in [2.75, 3.05) is 0 Å². The number of carbonyl (C=O) groups is 1. The lowest BCUT2D eigenvalue weighted by atomic mass is 10.1. The third-order valence-corrected chi connectivity index (χ3v) is 3.43. The SMILES string of the molecule is C=CC(CCC=O)N1Cc2ccc(C)cc2C1. The summed E-state index contributed by atoms with van der Waals surface area (Å²) in [6, 6.07) is 6.95. The fraction of sp³-hybridized carbons (Fsp3) is 0.400. The number of carbonyl (C=O) groups excluding carboxylic acids is 1. The number of nitrogens with zero attached hydrogens (tertiary/aromatic N) is 1. The molecule has 0 saturated heterocycles. The molecule has 0 radical (unpaired) electrons. The summed E-state index contributed by atoms with van der Waals surface area (Å²) in [6.45, 7) is 7.96. The number of benzene rings is 1. The van der Waals surface area contributed by atoms with E-state index in [0.717, 1.165) is 25.8 Å². The largest absolute Gasteiger partial charge is 0.303 e. The van der Waals surface area contributed by atoms with E-state index in [2.05, 4.69) is 36.6 Å². The van der Waals surface area contributed by atoms with Crippen molar-refractivity contribution in [3.63, 3.8) is 0 Å². The third kappa shape index (κ3) is 2.64. The summed E-state index contributed by atoms with van der Waals surface area (Å²) in [5.74, 6) is 0. The van der Waals surface area contributed by atoms with Gasteiger partial charge in [0.05, 0.1) is 0 Å². The zero-order valence-electron chi connectivity index (χ0n) is 10.4. The van der Waals surface area contributed by atoms with Crippen molar-refractivity contribution in [3.8, 4) is 0 Å². The molecule has 0 saturated carbocycles. The Hall–Kier alpha value is -1.41. The van der Waals surface area contributed by atoms with E-state index < -0.39 is 0 Å². The molecule has 17 heavy (non-hydrogen) atoms. The predicted octanol–water partition coefficient (Wildman–Crippen LogP) is 2.84. The van der Waals surface area contributed by atoms with E-state index in [4.69, 9.17) is 0 Å². The molecular formula is C15H19NO. The average Bonchev–Trinajstić information content (AvgIpc) is 2.72. The van der Waals surface area contributed by atoms with Gasteiger partial charge in [0, 0.05) is 25.6 Å². The van der Waals surface area contributed by atoms with Crippen LogP contribution in [0.25, 0.3) is 0 Å². The van der Waals surface area contributed by atoms with Crippen LogP contribution in [0.5, 0.6) is 0 Å². The molecule has 90 valence electrons. The van der Waals surface area contributed by atoms with Crippen molar-refractivity contribution in [1.82, 2.24) is 4.90 Å².